The number of carboxylic acid groups (broad SMARTS) is 1. The summed E-state index contributed by atoms with van der Waals surface area (Å²) >= 11 is 3.32. The number of carbonyl (C=O) groups excluding carboxylic acids is 1. The molecular formula is C14H16BrNO5. The third-order valence-electron chi connectivity index (χ3n) is 3.39. The molecule has 7 heteroatoms. The molecule has 1 aromatic carbocycles. The van der Waals surface area contributed by atoms with E-state index in [1.54, 1.807) is 18.2 Å². The van der Waals surface area contributed by atoms with Crippen LogP contribution in [0.4, 0.5) is 0 Å². The average Bonchev–Trinajstić information content (AvgIpc) is 2.90. The molecule has 1 amide bonds. The number of amides is 1. The van der Waals surface area contributed by atoms with Crippen molar-refractivity contribution in [1.82, 2.24) is 4.90 Å². The molecule has 1 saturated heterocycles. The third kappa shape index (κ3) is 3.74. The maximum atomic E-state index is 12.2. The lowest BCUT2D eigenvalue weighted by atomic mass is 10.2. The molecule has 2 unspecified atom stereocenters. The number of methoxy groups -OCH3 is 1. The number of benzene rings is 1. The third-order valence-corrected chi connectivity index (χ3v) is 4.04. The van der Waals surface area contributed by atoms with E-state index in [0.717, 1.165) is 4.47 Å². The summed E-state index contributed by atoms with van der Waals surface area (Å²) in [6, 6.07) is 6.31. The molecule has 0 aromatic heterocycles. The fourth-order valence-electron chi connectivity index (χ4n) is 2.26. The number of carbonyl (C=O) groups is 2. The summed E-state index contributed by atoms with van der Waals surface area (Å²) in [6.45, 7) is 0.0639. The number of halogens is 1. The largest absolute Gasteiger partial charge is 0.483 e. The summed E-state index contributed by atoms with van der Waals surface area (Å²) in [7, 11) is 1.51. The number of nitrogens with zero attached hydrogens (tertiary/aromatic N) is 1. The molecule has 2 atom stereocenters. The van der Waals surface area contributed by atoms with Gasteiger partial charge >= 0.3 is 5.97 Å². The SMILES string of the molecule is COC1CC(C(=O)O)N(C(=O)COc2ccccc2Br)C1. The van der Waals surface area contributed by atoms with E-state index in [1.165, 1.54) is 12.0 Å². The van der Waals surface area contributed by atoms with Gasteiger partial charge in [-0.25, -0.2) is 4.79 Å². The maximum Gasteiger partial charge on any atom is 0.326 e. The Hall–Kier alpha value is -1.60. The smallest absolute Gasteiger partial charge is 0.326 e. The summed E-state index contributed by atoms with van der Waals surface area (Å²) in [5.41, 5.74) is 0. The summed E-state index contributed by atoms with van der Waals surface area (Å²) in [5, 5.41) is 9.18. The van der Waals surface area contributed by atoms with E-state index in [1.807, 2.05) is 6.07 Å². The van der Waals surface area contributed by atoms with Crippen molar-refractivity contribution >= 4 is 27.8 Å². The Kier molecular flexibility index (Phi) is 5.19. The zero-order chi connectivity index (χ0) is 15.4. The van der Waals surface area contributed by atoms with Crippen LogP contribution in [0.3, 0.4) is 0 Å². The Balaban J connectivity index is 1.99. The molecule has 21 heavy (non-hydrogen) atoms. The van der Waals surface area contributed by atoms with Crippen LogP contribution in [-0.4, -0.2) is 54.3 Å². The average molecular weight is 358 g/mol. The highest BCUT2D eigenvalue weighted by molar-refractivity contribution is 9.10. The minimum Gasteiger partial charge on any atom is -0.483 e. The molecule has 0 aliphatic carbocycles. The fourth-order valence-corrected chi connectivity index (χ4v) is 2.66. The van der Waals surface area contributed by atoms with Crippen LogP contribution in [0.5, 0.6) is 5.75 Å². The van der Waals surface area contributed by atoms with Crippen LogP contribution in [0.2, 0.25) is 0 Å². The van der Waals surface area contributed by atoms with Gasteiger partial charge in [0.05, 0.1) is 10.6 Å². The van der Waals surface area contributed by atoms with E-state index >= 15 is 0 Å². The molecule has 114 valence electrons. The fraction of sp³-hybridized carbons (Fsp3) is 0.429. The Morgan fingerprint density at radius 2 is 2.14 bits per heavy atom. The lowest BCUT2D eigenvalue weighted by molar-refractivity contribution is -0.149. The van der Waals surface area contributed by atoms with Gasteiger partial charge in [-0.1, -0.05) is 12.1 Å². The Bertz CT molecular complexity index is 536. The van der Waals surface area contributed by atoms with Crippen LogP contribution in [0.25, 0.3) is 0 Å². The molecule has 0 spiro atoms. The minimum atomic E-state index is -1.02. The second kappa shape index (κ2) is 6.91. The standard InChI is InChI=1S/C14H16BrNO5/c1-20-9-6-11(14(18)19)16(7-9)13(17)8-21-12-5-3-2-4-10(12)15/h2-5,9,11H,6-8H2,1H3,(H,18,19). The van der Waals surface area contributed by atoms with E-state index in [2.05, 4.69) is 15.9 Å². The molecule has 0 bridgehead atoms. The number of hydrogen-bond acceptors (Lipinski definition) is 4. The molecule has 1 N–H and O–H groups in total. The van der Waals surface area contributed by atoms with Gasteiger partial charge in [-0.2, -0.15) is 0 Å². The zero-order valence-electron chi connectivity index (χ0n) is 11.5. The van der Waals surface area contributed by atoms with Crippen LogP contribution in [0.15, 0.2) is 28.7 Å². The highest BCUT2D eigenvalue weighted by Crippen LogP contribution is 2.25. The first-order valence-corrected chi connectivity index (χ1v) is 7.24. The second-order valence-electron chi connectivity index (χ2n) is 4.71. The van der Waals surface area contributed by atoms with E-state index in [9.17, 15) is 14.7 Å². The Morgan fingerprint density at radius 3 is 2.76 bits per heavy atom. The lowest BCUT2D eigenvalue weighted by Gasteiger charge is -2.21. The summed E-state index contributed by atoms with van der Waals surface area (Å²) in [5.74, 6) is -0.846. The van der Waals surface area contributed by atoms with Crippen molar-refractivity contribution in [3.63, 3.8) is 0 Å². The van der Waals surface area contributed by atoms with Gasteiger partial charge in [0.2, 0.25) is 0 Å². The van der Waals surface area contributed by atoms with E-state index in [4.69, 9.17) is 9.47 Å². The van der Waals surface area contributed by atoms with Crippen molar-refractivity contribution in [2.24, 2.45) is 0 Å². The molecule has 1 aliphatic rings. The van der Waals surface area contributed by atoms with Gasteiger partial charge in [-0.05, 0) is 28.1 Å². The molecule has 2 rings (SSSR count). The van der Waals surface area contributed by atoms with Gasteiger partial charge in [-0.15, -0.1) is 0 Å². The number of ether oxygens (including phenoxy) is 2. The molecule has 1 heterocycles. The maximum absolute atomic E-state index is 12.2. The number of carboxylic acids is 1. The number of likely N-dealkylation sites (tertiary alicyclic amines) is 1. The van der Waals surface area contributed by atoms with Crippen LogP contribution in [0, 0.1) is 0 Å². The van der Waals surface area contributed by atoms with E-state index in [-0.39, 0.29) is 25.2 Å². The van der Waals surface area contributed by atoms with Crippen molar-refractivity contribution < 1.29 is 24.2 Å². The number of para-hydroxylation sites is 1. The van der Waals surface area contributed by atoms with Gasteiger partial charge in [0.1, 0.15) is 11.8 Å². The highest BCUT2D eigenvalue weighted by Gasteiger charge is 2.39. The molecule has 1 fully saturated rings. The summed E-state index contributed by atoms with van der Waals surface area (Å²) in [6.07, 6.45) is 0.0468. The Labute approximate surface area is 130 Å². The summed E-state index contributed by atoms with van der Waals surface area (Å²) < 4.78 is 11.3. The van der Waals surface area contributed by atoms with Crippen LogP contribution in [0.1, 0.15) is 6.42 Å². The van der Waals surface area contributed by atoms with Crippen molar-refractivity contribution in [2.45, 2.75) is 18.6 Å². The molecule has 0 saturated carbocycles. The molecule has 1 aliphatic heterocycles. The number of hydrogen-bond donors (Lipinski definition) is 1. The van der Waals surface area contributed by atoms with Crippen molar-refractivity contribution in [3.05, 3.63) is 28.7 Å². The van der Waals surface area contributed by atoms with Gasteiger partial charge in [0.25, 0.3) is 5.91 Å². The molecular weight excluding hydrogens is 342 g/mol. The normalized spacial score (nSPS) is 21.3. The van der Waals surface area contributed by atoms with Crippen molar-refractivity contribution in [2.75, 3.05) is 20.3 Å². The zero-order valence-corrected chi connectivity index (χ0v) is 13.1. The first-order valence-electron chi connectivity index (χ1n) is 6.45. The number of aliphatic carboxylic acids is 1. The predicted octanol–water partition coefficient (Wildman–Crippen LogP) is 1.53. The van der Waals surface area contributed by atoms with Gasteiger partial charge in [0.15, 0.2) is 6.61 Å². The predicted molar refractivity (Wildman–Crippen MR) is 78.2 cm³/mol. The summed E-state index contributed by atoms with van der Waals surface area (Å²) in [4.78, 5) is 24.7. The first-order chi connectivity index (χ1) is 10.0. The van der Waals surface area contributed by atoms with Crippen LogP contribution >= 0.6 is 15.9 Å². The van der Waals surface area contributed by atoms with Crippen LogP contribution in [-0.2, 0) is 14.3 Å². The molecule has 0 radical (unpaired) electrons. The van der Waals surface area contributed by atoms with E-state index < -0.39 is 12.0 Å². The van der Waals surface area contributed by atoms with Gasteiger partial charge < -0.3 is 19.5 Å². The van der Waals surface area contributed by atoms with E-state index in [0.29, 0.717) is 12.2 Å². The monoisotopic (exact) mass is 357 g/mol. The molecule has 6 nitrogen and oxygen atoms in total. The number of rotatable bonds is 5. The minimum absolute atomic E-state index is 0.206. The topological polar surface area (TPSA) is 76.1 Å². The van der Waals surface area contributed by atoms with Crippen molar-refractivity contribution in [3.8, 4) is 5.75 Å². The van der Waals surface area contributed by atoms with Crippen LogP contribution < -0.4 is 4.74 Å². The van der Waals surface area contributed by atoms with Gasteiger partial charge in [0, 0.05) is 20.1 Å². The quantitative estimate of drug-likeness (QED) is 0.864. The molecule has 1 aromatic rings. The second-order valence-corrected chi connectivity index (χ2v) is 5.57. The van der Waals surface area contributed by atoms with Gasteiger partial charge in [-0.3, -0.25) is 4.79 Å². The first kappa shape index (κ1) is 15.8. The Morgan fingerprint density at radius 1 is 1.43 bits per heavy atom. The lowest BCUT2D eigenvalue weighted by Crippen LogP contribution is -2.43. The van der Waals surface area contributed by atoms with Crippen molar-refractivity contribution in [1.29, 1.82) is 0 Å². The highest BCUT2D eigenvalue weighted by atomic mass is 79.9.